The van der Waals surface area contributed by atoms with E-state index < -0.39 is 21.7 Å². The fourth-order valence-electron chi connectivity index (χ4n) is 2.69. The zero-order valence-electron chi connectivity index (χ0n) is 14.7. The van der Waals surface area contributed by atoms with E-state index in [1.54, 1.807) is 29.6 Å². The second kappa shape index (κ2) is 8.89. The first kappa shape index (κ1) is 20.6. The highest BCUT2D eigenvalue weighted by Gasteiger charge is 2.29. The van der Waals surface area contributed by atoms with Crippen LogP contribution in [0.1, 0.15) is 28.3 Å². The predicted octanol–water partition coefficient (Wildman–Crippen LogP) is 1.96. The number of hydrogen-bond donors (Lipinski definition) is 2. The van der Waals surface area contributed by atoms with E-state index >= 15 is 0 Å². The Balaban J connectivity index is 1.43. The summed E-state index contributed by atoms with van der Waals surface area (Å²) in [6, 6.07) is 6.88. The van der Waals surface area contributed by atoms with Crippen LogP contribution in [-0.4, -0.2) is 36.7 Å². The molecule has 1 saturated heterocycles. The van der Waals surface area contributed by atoms with Gasteiger partial charge in [-0.1, -0.05) is 11.6 Å². The van der Waals surface area contributed by atoms with Crippen LogP contribution in [0, 0.1) is 5.92 Å². The number of aromatic nitrogens is 1. The van der Waals surface area contributed by atoms with Gasteiger partial charge in [0.15, 0.2) is 9.84 Å². The van der Waals surface area contributed by atoms with Crippen molar-refractivity contribution >= 4 is 44.6 Å². The van der Waals surface area contributed by atoms with Crippen molar-refractivity contribution in [1.82, 2.24) is 15.8 Å². The first-order valence-corrected chi connectivity index (χ1v) is 11.5. The normalized spacial score (nSPS) is 17.8. The van der Waals surface area contributed by atoms with Gasteiger partial charge in [0.2, 0.25) is 5.91 Å². The van der Waals surface area contributed by atoms with Crippen LogP contribution in [-0.2, 0) is 21.2 Å². The van der Waals surface area contributed by atoms with Crippen molar-refractivity contribution in [2.24, 2.45) is 5.92 Å². The number of hydrazine groups is 1. The van der Waals surface area contributed by atoms with Crippen LogP contribution in [0.2, 0.25) is 5.02 Å². The van der Waals surface area contributed by atoms with Gasteiger partial charge in [-0.3, -0.25) is 20.4 Å². The van der Waals surface area contributed by atoms with E-state index in [-0.39, 0.29) is 36.1 Å². The number of nitrogens with zero attached hydrogens (tertiary/aromatic N) is 1. The van der Waals surface area contributed by atoms with Gasteiger partial charge in [-0.15, -0.1) is 11.3 Å². The van der Waals surface area contributed by atoms with Gasteiger partial charge < -0.3 is 4.74 Å². The number of nitrogens with one attached hydrogen (secondary N) is 2. The van der Waals surface area contributed by atoms with Crippen LogP contribution in [0.15, 0.2) is 29.6 Å². The summed E-state index contributed by atoms with van der Waals surface area (Å²) >= 11 is 7.07. The standard InChI is InChI=1S/C17H18ClN3O5S2/c18-12-1-3-13(4-2-12)26-8-16-19-14(9-27-16)17(23)21-20-15(22)7-11-5-6-28(24,25)10-11/h1-4,9,11H,5-8,10H2,(H,20,22)(H,21,23). The molecule has 150 valence electrons. The summed E-state index contributed by atoms with van der Waals surface area (Å²) in [6.45, 7) is 0.197. The average molecular weight is 444 g/mol. The van der Waals surface area contributed by atoms with Crippen LogP contribution >= 0.6 is 22.9 Å². The number of amides is 2. The Kier molecular flexibility index (Phi) is 6.53. The Morgan fingerprint density at radius 1 is 1.25 bits per heavy atom. The summed E-state index contributed by atoms with van der Waals surface area (Å²) in [6.07, 6.45) is 0.517. The first-order chi connectivity index (χ1) is 13.3. The van der Waals surface area contributed by atoms with Crippen LogP contribution in [0.4, 0.5) is 0 Å². The quantitative estimate of drug-likeness (QED) is 0.659. The summed E-state index contributed by atoms with van der Waals surface area (Å²) in [7, 11) is -3.03. The van der Waals surface area contributed by atoms with Crippen molar-refractivity contribution in [2.45, 2.75) is 19.4 Å². The maximum Gasteiger partial charge on any atom is 0.289 e. The lowest BCUT2D eigenvalue weighted by molar-refractivity contribution is -0.122. The molecule has 0 radical (unpaired) electrons. The van der Waals surface area contributed by atoms with Crippen LogP contribution in [0.25, 0.3) is 0 Å². The highest BCUT2D eigenvalue weighted by Crippen LogP contribution is 2.21. The Morgan fingerprint density at radius 3 is 2.68 bits per heavy atom. The number of hydrogen-bond acceptors (Lipinski definition) is 7. The summed E-state index contributed by atoms with van der Waals surface area (Å²) < 4.78 is 28.4. The smallest absolute Gasteiger partial charge is 0.289 e. The van der Waals surface area contributed by atoms with Crippen LogP contribution < -0.4 is 15.6 Å². The summed E-state index contributed by atoms with van der Waals surface area (Å²) in [5.41, 5.74) is 4.74. The molecule has 11 heteroatoms. The molecule has 0 aliphatic carbocycles. The van der Waals surface area contributed by atoms with E-state index in [1.165, 1.54) is 11.3 Å². The largest absolute Gasteiger partial charge is 0.486 e. The highest BCUT2D eigenvalue weighted by atomic mass is 35.5. The lowest BCUT2D eigenvalue weighted by Gasteiger charge is -2.09. The van der Waals surface area contributed by atoms with Crippen molar-refractivity contribution in [3.8, 4) is 5.75 Å². The molecule has 8 nitrogen and oxygen atoms in total. The number of benzene rings is 1. The third-order valence-electron chi connectivity index (χ3n) is 4.08. The lowest BCUT2D eigenvalue weighted by Crippen LogP contribution is -2.42. The molecule has 0 saturated carbocycles. The molecule has 0 bridgehead atoms. The molecular formula is C17H18ClN3O5S2. The lowest BCUT2D eigenvalue weighted by atomic mass is 10.1. The van der Waals surface area contributed by atoms with Crippen LogP contribution in [0.3, 0.4) is 0 Å². The number of sulfone groups is 1. The highest BCUT2D eigenvalue weighted by molar-refractivity contribution is 7.91. The minimum Gasteiger partial charge on any atom is -0.486 e. The average Bonchev–Trinajstić information content (AvgIpc) is 3.25. The topological polar surface area (TPSA) is 114 Å². The van der Waals surface area contributed by atoms with Gasteiger partial charge in [0, 0.05) is 16.8 Å². The van der Waals surface area contributed by atoms with Gasteiger partial charge in [0.25, 0.3) is 5.91 Å². The fraction of sp³-hybridized carbons (Fsp3) is 0.353. The number of carbonyl (C=O) groups excluding carboxylic acids is 2. The Hall–Kier alpha value is -2.17. The van der Waals surface area contributed by atoms with Crippen molar-refractivity contribution in [2.75, 3.05) is 11.5 Å². The molecule has 2 heterocycles. The van der Waals surface area contributed by atoms with Crippen molar-refractivity contribution in [3.63, 3.8) is 0 Å². The monoisotopic (exact) mass is 443 g/mol. The molecule has 28 heavy (non-hydrogen) atoms. The first-order valence-electron chi connectivity index (χ1n) is 8.43. The van der Waals surface area contributed by atoms with E-state index in [9.17, 15) is 18.0 Å². The minimum absolute atomic E-state index is 0.0113. The van der Waals surface area contributed by atoms with Crippen LogP contribution in [0.5, 0.6) is 5.75 Å². The van der Waals surface area contributed by atoms with Crippen molar-refractivity contribution in [3.05, 3.63) is 45.4 Å². The molecule has 1 aromatic carbocycles. The molecule has 1 aliphatic heterocycles. The van der Waals surface area contributed by atoms with Crippen molar-refractivity contribution < 1.29 is 22.7 Å². The SMILES string of the molecule is O=C(CC1CCS(=O)(=O)C1)NNC(=O)c1csc(COc2ccc(Cl)cc2)n1. The summed E-state index contributed by atoms with van der Waals surface area (Å²) in [5, 5.41) is 2.77. The molecule has 1 atom stereocenters. The molecule has 1 fully saturated rings. The number of carbonyl (C=O) groups is 2. The molecular weight excluding hydrogens is 426 g/mol. The van der Waals surface area contributed by atoms with Crippen molar-refractivity contribution in [1.29, 1.82) is 0 Å². The Labute approximate surface area is 171 Å². The van der Waals surface area contributed by atoms with Gasteiger partial charge in [0.05, 0.1) is 11.5 Å². The number of rotatable bonds is 6. The molecule has 1 aromatic heterocycles. The second-order valence-corrected chi connectivity index (χ2v) is 9.95. The number of thiazole rings is 1. The number of ether oxygens (including phenoxy) is 1. The molecule has 1 aliphatic rings. The third kappa shape index (κ3) is 5.91. The van der Waals surface area contributed by atoms with Gasteiger partial charge >= 0.3 is 0 Å². The summed E-state index contributed by atoms with van der Waals surface area (Å²) in [5.74, 6) is -0.447. The molecule has 1 unspecified atom stereocenters. The predicted molar refractivity (Wildman–Crippen MR) is 105 cm³/mol. The Morgan fingerprint density at radius 2 is 2.00 bits per heavy atom. The van der Waals surface area contributed by atoms with E-state index in [4.69, 9.17) is 16.3 Å². The second-order valence-electron chi connectivity index (χ2n) is 6.34. The Bertz CT molecular complexity index is 959. The minimum atomic E-state index is -3.03. The summed E-state index contributed by atoms with van der Waals surface area (Å²) in [4.78, 5) is 28.1. The fourth-order valence-corrected chi connectivity index (χ4v) is 5.37. The molecule has 2 aromatic rings. The van der Waals surface area contributed by atoms with E-state index in [0.717, 1.165) is 0 Å². The van der Waals surface area contributed by atoms with Gasteiger partial charge in [-0.2, -0.15) is 0 Å². The maximum absolute atomic E-state index is 12.1. The maximum atomic E-state index is 12.1. The molecule has 0 spiro atoms. The molecule has 2 amide bonds. The van der Waals surface area contributed by atoms with Gasteiger partial charge in [0.1, 0.15) is 23.1 Å². The molecule has 3 rings (SSSR count). The van der Waals surface area contributed by atoms with E-state index in [0.29, 0.717) is 22.2 Å². The van der Waals surface area contributed by atoms with Gasteiger partial charge in [-0.05, 0) is 36.6 Å². The number of halogens is 1. The zero-order valence-corrected chi connectivity index (χ0v) is 17.1. The zero-order chi connectivity index (χ0) is 20.1. The van der Waals surface area contributed by atoms with Gasteiger partial charge in [-0.25, -0.2) is 13.4 Å². The van der Waals surface area contributed by atoms with E-state index in [1.807, 2.05) is 0 Å². The third-order valence-corrected chi connectivity index (χ3v) is 6.99. The molecule has 2 N–H and O–H groups in total. The van der Waals surface area contributed by atoms with E-state index in [2.05, 4.69) is 15.8 Å².